The number of carbonyl (C=O) groups is 1. The Bertz CT molecular complexity index is 951. The lowest BCUT2D eigenvalue weighted by molar-refractivity contribution is 0.0697. The van der Waals surface area contributed by atoms with Gasteiger partial charge in [-0.2, -0.15) is 10.2 Å². The van der Waals surface area contributed by atoms with E-state index in [0.29, 0.717) is 11.2 Å². The summed E-state index contributed by atoms with van der Waals surface area (Å²) in [7, 11) is 0. The zero-order valence-corrected chi connectivity index (χ0v) is 13.1. The average molecular weight is 342 g/mol. The fourth-order valence-electron chi connectivity index (χ4n) is 3.04. The maximum atomic E-state index is 13.8. The van der Waals surface area contributed by atoms with E-state index in [1.807, 2.05) is 4.68 Å². The predicted molar refractivity (Wildman–Crippen MR) is 88.5 cm³/mol. The molecule has 1 aliphatic heterocycles. The fraction of sp³-hybridized carbons (Fsp3) is 0.250. The van der Waals surface area contributed by atoms with Crippen molar-refractivity contribution in [1.29, 1.82) is 0 Å². The summed E-state index contributed by atoms with van der Waals surface area (Å²) in [5, 5.41) is 28.1. The summed E-state index contributed by atoms with van der Waals surface area (Å²) in [6, 6.07) is 5.94. The van der Waals surface area contributed by atoms with E-state index in [9.17, 15) is 14.3 Å². The Kier molecular flexibility index (Phi) is 3.77. The lowest BCUT2D eigenvalue weighted by Crippen LogP contribution is -2.14. The van der Waals surface area contributed by atoms with E-state index in [2.05, 4.69) is 25.9 Å². The summed E-state index contributed by atoms with van der Waals surface area (Å²) in [5.74, 6) is -1.11. The Morgan fingerprint density at radius 3 is 3.00 bits per heavy atom. The molecule has 0 amide bonds. The Morgan fingerprint density at radius 2 is 2.24 bits per heavy atom. The smallest absolute Gasteiger partial charge is 0.339 e. The van der Waals surface area contributed by atoms with Crippen LogP contribution in [0.2, 0.25) is 0 Å². The van der Waals surface area contributed by atoms with Crippen LogP contribution in [0.5, 0.6) is 0 Å². The first-order valence-electron chi connectivity index (χ1n) is 7.84. The third kappa shape index (κ3) is 2.78. The highest BCUT2D eigenvalue weighted by Gasteiger charge is 2.22. The van der Waals surface area contributed by atoms with Crippen LogP contribution in [0.4, 0.5) is 16.0 Å². The van der Waals surface area contributed by atoms with E-state index in [-0.39, 0.29) is 17.4 Å². The van der Waals surface area contributed by atoms with Crippen molar-refractivity contribution in [3.63, 3.8) is 0 Å². The van der Waals surface area contributed by atoms with Crippen LogP contribution in [-0.2, 0) is 0 Å². The van der Waals surface area contributed by atoms with Crippen LogP contribution in [0.3, 0.4) is 0 Å². The molecule has 9 heteroatoms. The molecular weight excluding hydrogens is 327 g/mol. The summed E-state index contributed by atoms with van der Waals surface area (Å²) in [5.41, 5.74) is 0.745. The number of anilines is 2. The van der Waals surface area contributed by atoms with Gasteiger partial charge in [-0.1, -0.05) is 0 Å². The normalized spacial score (nSPS) is 17.1. The van der Waals surface area contributed by atoms with Gasteiger partial charge in [0, 0.05) is 11.9 Å². The molecule has 8 nitrogen and oxygen atoms in total. The van der Waals surface area contributed by atoms with Crippen LogP contribution in [0, 0.1) is 5.82 Å². The molecule has 128 valence electrons. The third-order valence-corrected chi connectivity index (χ3v) is 4.24. The van der Waals surface area contributed by atoms with Crippen molar-refractivity contribution in [1.82, 2.24) is 25.3 Å². The number of nitrogens with one attached hydrogen (secondary N) is 2. The van der Waals surface area contributed by atoms with E-state index >= 15 is 0 Å². The molecule has 1 aliphatic rings. The van der Waals surface area contributed by atoms with E-state index in [4.69, 9.17) is 0 Å². The summed E-state index contributed by atoms with van der Waals surface area (Å²) in [6.07, 6.45) is 2.22. The molecule has 0 aliphatic carbocycles. The lowest BCUT2D eigenvalue weighted by Gasteiger charge is -2.10. The fourth-order valence-corrected chi connectivity index (χ4v) is 3.04. The van der Waals surface area contributed by atoms with Crippen LogP contribution < -0.4 is 10.6 Å². The van der Waals surface area contributed by atoms with Crippen LogP contribution in [0.15, 0.2) is 30.5 Å². The summed E-state index contributed by atoms with van der Waals surface area (Å²) in [4.78, 5) is 11.3. The van der Waals surface area contributed by atoms with Gasteiger partial charge >= 0.3 is 5.97 Å². The van der Waals surface area contributed by atoms with Crippen molar-refractivity contribution in [3.05, 3.63) is 41.8 Å². The second kappa shape index (κ2) is 6.10. The maximum Gasteiger partial charge on any atom is 0.339 e. The first-order valence-corrected chi connectivity index (χ1v) is 7.84. The quantitative estimate of drug-likeness (QED) is 0.665. The van der Waals surface area contributed by atoms with E-state index in [1.165, 1.54) is 24.4 Å². The molecule has 0 bridgehead atoms. The van der Waals surface area contributed by atoms with Gasteiger partial charge < -0.3 is 15.7 Å². The second-order valence-electron chi connectivity index (χ2n) is 5.82. The molecule has 3 heterocycles. The summed E-state index contributed by atoms with van der Waals surface area (Å²) < 4.78 is 15.6. The minimum absolute atomic E-state index is 0.0309. The highest BCUT2D eigenvalue weighted by Crippen LogP contribution is 2.30. The molecule has 25 heavy (non-hydrogen) atoms. The molecule has 4 rings (SSSR count). The van der Waals surface area contributed by atoms with Gasteiger partial charge in [0.05, 0.1) is 17.8 Å². The number of carboxylic acid groups (broad SMARTS) is 1. The van der Waals surface area contributed by atoms with Gasteiger partial charge in [-0.15, -0.1) is 5.10 Å². The maximum absolute atomic E-state index is 13.8. The van der Waals surface area contributed by atoms with Crippen LogP contribution in [0.1, 0.15) is 22.8 Å². The molecule has 0 saturated carbocycles. The molecule has 3 N–H and O–H groups in total. The van der Waals surface area contributed by atoms with Crippen LogP contribution in [0.25, 0.3) is 10.9 Å². The van der Waals surface area contributed by atoms with E-state index < -0.39 is 11.8 Å². The highest BCUT2D eigenvalue weighted by molar-refractivity contribution is 5.96. The monoisotopic (exact) mass is 342 g/mol. The minimum Gasteiger partial charge on any atom is -0.478 e. The number of hydrogen-bond acceptors (Lipinski definition) is 6. The minimum atomic E-state index is -1.13. The molecule has 1 aromatic carbocycles. The molecule has 1 fully saturated rings. The molecule has 1 atom stereocenters. The van der Waals surface area contributed by atoms with Gasteiger partial charge in [0.15, 0.2) is 11.6 Å². The van der Waals surface area contributed by atoms with Gasteiger partial charge in [-0.05, 0) is 37.2 Å². The van der Waals surface area contributed by atoms with Crippen molar-refractivity contribution in [2.45, 2.75) is 12.5 Å². The second-order valence-corrected chi connectivity index (χ2v) is 5.82. The van der Waals surface area contributed by atoms with E-state index in [0.717, 1.165) is 25.0 Å². The number of rotatable bonds is 4. The first kappa shape index (κ1) is 15.5. The number of hydrogen-bond donors (Lipinski definition) is 3. The van der Waals surface area contributed by atoms with Gasteiger partial charge in [-0.3, -0.25) is 4.68 Å². The standard InChI is InChI=1S/C16H15FN6O2/c17-9-1-2-13-12(7-9)15(22-23(13)10-3-5-18-8-10)20-14-11(16(24)25)4-6-19-21-14/h1-2,4,6-7,10,18H,3,5,8H2,(H,24,25)(H,20,21,22)/t10-/m1/s1. The Morgan fingerprint density at radius 1 is 1.36 bits per heavy atom. The van der Waals surface area contributed by atoms with Gasteiger partial charge in [0.1, 0.15) is 11.4 Å². The zero-order valence-electron chi connectivity index (χ0n) is 13.1. The lowest BCUT2D eigenvalue weighted by atomic mass is 10.2. The number of halogens is 1. The molecule has 0 spiro atoms. The number of fused-ring (bicyclic) bond motifs is 1. The Labute approximate surface area is 141 Å². The molecule has 0 radical (unpaired) electrons. The number of aromatic nitrogens is 4. The highest BCUT2D eigenvalue weighted by atomic mass is 19.1. The average Bonchev–Trinajstić information content (AvgIpc) is 3.23. The van der Waals surface area contributed by atoms with Crippen molar-refractivity contribution in [2.24, 2.45) is 0 Å². The van der Waals surface area contributed by atoms with Gasteiger partial charge in [-0.25, -0.2) is 9.18 Å². The SMILES string of the molecule is O=C(O)c1ccnnc1Nc1nn([C@@H]2CCNC2)c2ccc(F)cc12. The molecule has 2 aromatic heterocycles. The van der Waals surface area contributed by atoms with E-state index in [1.54, 1.807) is 6.07 Å². The summed E-state index contributed by atoms with van der Waals surface area (Å²) in [6.45, 7) is 1.67. The van der Waals surface area contributed by atoms with Crippen molar-refractivity contribution < 1.29 is 14.3 Å². The van der Waals surface area contributed by atoms with Crippen molar-refractivity contribution in [2.75, 3.05) is 18.4 Å². The third-order valence-electron chi connectivity index (χ3n) is 4.24. The molecule has 3 aromatic rings. The molecule has 0 unspecified atom stereocenters. The summed E-state index contributed by atoms with van der Waals surface area (Å²) >= 11 is 0. The number of benzene rings is 1. The number of aromatic carboxylic acids is 1. The first-order chi connectivity index (χ1) is 12.1. The zero-order chi connectivity index (χ0) is 17.4. The van der Waals surface area contributed by atoms with Crippen LogP contribution in [-0.4, -0.2) is 44.1 Å². The van der Waals surface area contributed by atoms with Crippen molar-refractivity contribution >= 4 is 28.5 Å². The predicted octanol–water partition coefficient (Wildman–Crippen LogP) is 1.94. The van der Waals surface area contributed by atoms with Gasteiger partial charge in [0.25, 0.3) is 0 Å². The van der Waals surface area contributed by atoms with Crippen LogP contribution >= 0.6 is 0 Å². The largest absolute Gasteiger partial charge is 0.478 e. The molecule has 1 saturated heterocycles. The Balaban J connectivity index is 1.82. The van der Waals surface area contributed by atoms with Crippen molar-refractivity contribution in [3.8, 4) is 0 Å². The van der Waals surface area contributed by atoms with Gasteiger partial charge in [0.2, 0.25) is 0 Å². The number of carboxylic acids is 1. The molecular formula is C16H15FN6O2. The topological polar surface area (TPSA) is 105 Å². The Hall–Kier alpha value is -3.07. The number of nitrogens with zero attached hydrogens (tertiary/aromatic N) is 4.